The Kier molecular flexibility index (Phi) is 4.28. The maximum Gasteiger partial charge on any atom is 0.265 e. The van der Waals surface area contributed by atoms with E-state index in [0.717, 1.165) is 22.0 Å². The predicted molar refractivity (Wildman–Crippen MR) is 85.0 cm³/mol. The molecule has 0 fully saturated rings. The lowest BCUT2D eigenvalue weighted by Crippen LogP contribution is -2.28. The minimum absolute atomic E-state index is 0.182. The summed E-state index contributed by atoms with van der Waals surface area (Å²) in [4.78, 5) is 13.8. The van der Waals surface area contributed by atoms with Crippen molar-refractivity contribution >= 4 is 40.4 Å². The van der Waals surface area contributed by atoms with Gasteiger partial charge in [0.1, 0.15) is 4.88 Å². The van der Waals surface area contributed by atoms with Gasteiger partial charge in [0.2, 0.25) is 0 Å². The van der Waals surface area contributed by atoms with E-state index >= 15 is 0 Å². The summed E-state index contributed by atoms with van der Waals surface area (Å²) >= 11 is 8.60. The van der Waals surface area contributed by atoms with E-state index in [1.807, 2.05) is 41.8 Å². The zero-order chi connectivity index (χ0) is 14.7. The number of thiophene rings is 1. The Morgan fingerprint density at radius 3 is 2.67 bits per heavy atom. The highest BCUT2D eigenvalue weighted by Crippen LogP contribution is 2.27. The summed E-state index contributed by atoms with van der Waals surface area (Å²) < 4.78 is 3.71. The van der Waals surface area contributed by atoms with E-state index in [4.69, 9.17) is 11.6 Å². The van der Waals surface area contributed by atoms with Crippen LogP contribution in [0.15, 0.2) is 48.0 Å². The van der Waals surface area contributed by atoms with Crippen LogP contribution in [0, 0.1) is 0 Å². The number of halogens is 1. The smallest absolute Gasteiger partial charge is 0.265 e. The van der Waals surface area contributed by atoms with Crippen molar-refractivity contribution in [2.24, 2.45) is 0 Å². The largest absolute Gasteiger partial charge is 0.340 e. The highest BCUT2D eigenvalue weighted by atomic mass is 35.5. The quantitative estimate of drug-likeness (QED) is 0.789. The molecule has 106 valence electrons. The molecule has 0 unspecified atom stereocenters. The fourth-order valence-electron chi connectivity index (χ4n) is 1.90. The van der Waals surface area contributed by atoms with E-state index in [0.29, 0.717) is 9.90 Å². The van der Waals surface area contributed by atoms with Crippen molar-refractivity contribution in [2.75, 3.05) is 0 Å². The molecule has 0 aliphatic rings. The summed E-state index contributed by atoms with van der Waals surface area (Å²) in [5.41, 5.74) is 0.979. The number of nitrogens with zero attached hydrogens (tertiary/aromatic N) is 2. The molecule has 1 N–H and O–H groups in total. The highest BCUT2D eigenvalue weighted by molar-refractivity contribution is 7.10. The molecule has 2 aromatic heterocycles. The molecule has 0 aliphatic carbocycles. The van der Waals surface area contributed by atoms with Gasteiger partial charge in [0.05, 0.1) is 12.2 Å². The van der Waals surface area contributed by atoms with Crippen LogP contribution in [0.3, 0.4) is 0 Å². The maximum atomic E-state index is 12.2. The molecule has 0 saturated heterocycles. The van der Waals surface area contributed by atoms with Crippen LogP contribution in [-0.4, -0.2) is 15.5 Å². The number of nitrogens with one attached hydrogen (secondary N) is 1. The zero-order valence-electron chi connectivity index (χ0n) is 10.7. The van der Waals surface area contributed by atoms with E-state index in [1.54, 1.807) is 11.3 Å². The van der Waals surface area contributed by atoms with Crippen LogP contribution in [0.4, 0.5) is 0 Å². The summed E-state index contributed by atoms with van der Waals surface area (Å²) in [5.74, 6) is -0.182. The van der Waals surface area contributed by atoms with Gasteiger partial charge in [-0.1, -0.05) is 34.3 Å². The summed E-state index contributed by atoms with van der Waals surface area (Å²) in [7, 11) is 0. The minimum atomic E-state index is -0.211. The van der Waals surface area contributed by atoms with Gasteiger partial charge in [-0.15, -0.1) is 16.4 Å². The number of carbonyl (C=O) groups excluding carboxylic acids is 1. The third-order valence-electron chi connectivity index (χ3n) is 2.89. The van der Waals surface area contributed by atoms with Gasteiger partial charge in [-0.2, -0.15) is 0 Å². The van der Waals surface area contributed by atoms with Gasteiger partial charge in [-0.05, 0) is 40.7 Å². The third-order valence-corrected chi connectivity index (χ3v) is 4.74. The number of amides is 1. The number of hydrogen-bond donors (Lipinski definition) is 1. The van der Waals surface area contributed by atoms with Gasteiger partial charge >= 0.3 is 0 Å². The molecular formula is C14H10ClN3OS2. The van der Waals surface area contributed by atoms with Crippen molar-refractivity contribution in [3.8, 4) is 0 Å². The monoisotopic (exact) mass is 335 g/mol. The number of rotatable bonds is 4. The molecule has 1 aromatic carbocycles. The summed E-state index contributed by atoms with van der Waals surface area (Å²) in [6.07, 6.45) is 1.47. The van der Waals surface area contributed by atoms with Gasteiger partial charge in [-0.25, -0.2) is 0 Å². The van der Waals surface area contributed by atoms with Crippen molar-refractivity contribution < 1.29 is 4.79 Å². The van der Waals surface area contributed by atoms with E-state index in [-0.39, 0.29) is 11.9 Å². The number of benzene rings is 1. The molecule has 4 nitrogen and oxygen atoms in total. The van der Waals surface area contributed by atoms with Gasteiger partial charge in [0.15, 0.2) is 0 Å². The van der Waals surface area contributed by atoms with E-state index in [1.165, 1.54) is 6.20 Å². The average molecular weight is 336 g/mol. The number of carbonyl (C=O) groups is 1. The molecule has 21 heavy (non-hydrogen) atoms. The van der Waals surface area contributed by atoms with Crippen LogP contribution < -0.4 is 5.32 Å². The fraction of sp³-hybridized carbons (Fsp3) is 0.0714. The average Bonchev–Trinajstić information content (AvgIpc) is 3.19. The molecule has 0 aliphatic heterocycles. The van der Waals surface area contributed by atoms with Crippen molar-refractivity contribution in [3.63, 3.8) is 0 Å². The number of aromatic nitrogens is 2. The highest BCUT2D eigenvalue weighted by Gasteiger charge is 2.19. The molecule has 7 heteroatoms. The predicted octanol–water partition coefficient (Wildman–Crippen LogP) is 3.77. The second-order valence-electron chi connectivity index (χ2n) is 4.26. The van der Waals surface area contributed by atoms with Crippen molar-refractivity contribution in [1.29, 1.82) is 0 Å². The second-order valence-corrected chi connectivity index (χ2v) is 6.46. The van der Waals surface area contributed by atoms with Gasteiger partial charge in [0, 0.05) is 9.90 Å². The second kappa shape index (κ2) is 6.34. The Hall–Kier alpha value is -1.76. The van der Waals surface area contributed by atoms with Gasteiger partial charge < -0.3 is 5.32 Å². The first-order valence-electron chi connectivity index (χ1n) is 6.11. The zero-order valence-corrected chi connectivity index (χ0v) is 13.1. The molecule has 2 heterocycles. The maximum absolute atomic E-state index is 12.2. The first-order valence-corrected chi connectivity index (χ1v) is 8.14. The van der Waals surface area contributed by atoms with Crippen LogP contribution in [0.1, 0.15) is 26.2 Å². The van der Waals surface area contributed by atoms with Gasteiger partial charge in [-0.3, -0.25) is 4.79 Å². The van der Waals surface area contributed by atoms with Crippen molar-refractivity contribution in [2.45, 2.75) is 6.04 Å². The normalized spacial score (nSPS) is 12.0. The van der Waals surface area contributed by atoms with E-state index in [9.17, 15) is 4.79 Å². The summed E-state index contributed by atoms with van der Waals surface area (Å²) in [6.45, 7) is 0. The lowest BCUT2D eigenvalue weighted by atomic mass is 10.1. The van der Waals surface area contributed by atoms with E-state index in [2.05, 4.69) is 14.9 Å². The first-order chi connectivity index (χ1) is 10.2. The lowest BCUT2D eigenvalue weighted by Gasteiger charge is -2.17. The SMILES string of the molecule is O=C(N[C@@H](c1ccc(Cl)cc1)c1cccs1)c1cnns1. The molecule has 0 saturated carbocycles. The summed E-state index contributed by atoms with van der Waals surface area (Å²) in [5, 5.41) is 9.36. The van der Waals surface area contributed by atoms with Crippen molar-refractivity contribution in [1.82, 2.24) is 14.9 Å². The van der Waals surface area contributed by atoms with Crippen LogP contribution >= 0.6 is 34.5 Å². The molecule has 0 bridgehead atoms. The standard InChI is InChI=1S/C14H10ClN3OS2/c15-10-5-3-9(4-6-10)13(11-2-1-7-20-11)17-14(19)12-8-16-18-21-12/h1-8,13H,(H,17,19)/t13-/m0/s1. The Morgan fingerprint density at radius 1 is 1.24 bits per heavy atom. The lowest BCUT2D eigenvalue weighted by molar-refractivity contribution is 0.0947. The Labute approximate surface area is 134 Å². The molecule has 1 amide bonds. The van der Waals surface area contributed by atoms with Gasteiger partial charge in [0.25, 0.3) is 5.91 Å². The Morgan fingerprint density at radius 2 is 2.05 bits per heavy atom. The molecule has 0 radical (unpaired) electrons. The van der Waals surface area contributed by atoms with Crippen LogP contribution in [0.2, 0.25) is 5.02 Å². The first kappa shape index (κ1) is 14.2. The van der Waals surface area contributed by atoms with Crippen LogP contribution in [-0.2, 0) is 0 Å². The molecule has 3 rings (SSSR count). The fourth-order valence-corrected chi connectivity index (χ4v) is 3.25. The summed E-state index contributed by atoms with van der Waals surface area (Å²) in [6, 6.07) is 11.2. The van der Waals surface area contributed by atoms with E-state index < -0.39 is 0 Å². The van der Waals surface area contributed by atoms with Crippen molar-refractivity contribution in [3.05, 3.63) is 68.3 Å². The Balaban J connectivity index is 1.90. The Bertz CT molecular complexity index is 711. The third kappa shape index (κ3) is 3.29. The molecule has 3 aromatic rings. The molecule has 1 atom stereocenters. The number of hydrogen-bond acceptors (Lipinski definition) is 5. The van der Waals surface area contributed by atoms with Crippen LogP contribution in [0.25, 0.3) is 0 Å². The molecular weight excluding hydrogens is 326 g/mol. The molecule has 0 spiro atoms. The van der Waals surface area contributed by atoms with Crippen LogP contribution in [0.5, 0.6) is 0 Å². The minimum Gasteiger partial charge on any atom is -0.340 e. The topological polar surface area (TPSA) is 54.9 Å².